The Balaban J connectivity index is 2.17. The molecule has 0 aliphatic rings. The van der Waals surface area contributed by atoms with Crippen molar-refractivity contribution in [3.05, 3.63) is 52.3 Å². The number of rotatable bonds is 6. The Morgan fingerprint density at radius 2 is 2.00 bits per heavy atom. The number of benzene rings is 1. The molecule has 0 saturated heterocycles. The Morgan fingerprint density at radius 3 is 2.62 bits per heavy atom. The lowest BCUT2D eigenvalue weighted by molar-refractivity contribution is 0.0599. The summed E-state index contributed by atoms with van der Waals surface area (Å²) in [5, 5.41) is 2.85. The smallest absolute Gasteiger partial charge is 0.339 e. The van der Waals surface area contributed by atoms with Crippen LogP contribution in [0, 0.1) is 6.92 Å². The van der Waals surface area contributed by atoms with E-state index in [2.05, 4.69) is 10.3 Å². The SMILES string of the molecule is CCc1[nH]c(C(=O)NCc2cccc(OC)c2)c(C)c1C(=O)OC. The van der Waals surface area contributed by atoms with Crippen LogP contribution in [0.3, 0.4) is 0 Å². The fourth-order valence-corrected chi connectivity index (χ4v) is 2.58. The molecule has 2 N–H and O–H groups in total. The molecule has 6 nitrogen and oxygen atoms in total. The van der Waals surface area contributed by atoms with E-state index in [4.69, 9.17) is 9.47 Å². The molecule has 2 rings (SSSR count). The average molecular weight is 330 g/mol. The molecule has 1 amide bonds. The van der Waals surface area contributed by atoms with E-state index in [-0.39, 0.29) is 5.91 Å². The van der Waals surface area contributed by atoms with Gasteiger partial charge in [-0.25, -0.2) is 4.79 Å². The number of carbonyl (C=O) groups excluding carboxylic acids is 2. The molecule has 0 aliphatic carbocycles. The van der Waals surface area contributed by atoms with Crippen LogP contribution < -0.4 is 10.1 Å². The molecule has 0 bridgehead atoms. The van der Waals surface area contributed by atoms with E-state index in [0.29, 0.717) is 35.5 Å². The second-order valence-electron chi connectivity index (χ2n) is 5.36. The molecule has 0 spiro atoms. The van der Waals surface area contributed by atoms with Gasteiger partial charge in [0.25, 0.3) is 5.91 Å². The van der Waals surface area contributed by atoms with Gasteiger partial charge < -0.3 is 19.8 Å². The molecule has 1 aromatic carbocycles. The fourth-order valence-electron chi connectivity index (χ4n) is 2.58. The number of aryl methyl sites for hydroxylation is 1. The van der Waals surface area contributed by atoms with Gasteiger partial charge >= 0.3 is 5.97 Å². The van der Waals surface area contributed by atoms with Gasteiger partial charge in [0.1, 0.15) is 11.4 Å². The highest BCUT2D eigenvalue weighted by atomic mass is 16.5. The summed E-state index contributed by atoms with van der Waals surface area (Å²) in [6, 6.07) is 7.47. The summed E-state index contributed by atoms with van der Waals surface area (Å²) in [6.45, 7) is 4.02. The number of aromatic amines is 1. The van der Waals surface area contributed by atoms with Crippen molar-refractivity contribution in [1.82, 2.24) is 10.3 Å². The summed E-state index contributed by atoms with van der Waals surface area (Å²) in [7, 11) is 2.93. The summed E-state index contributed by atoms with van der Waals surface area (Å²) in [5.41, 5.74) is 3.05. The van der Waals surface area contributed by atoms with Gasteiger partial charge in [-0.15, -0.1) is 0 Å². The van der Waals surface area contributed by atoms with Crippen molar-refractivity contribution in [2.45, 2.75) is 26.8 Å². The predicted molar refractivity (Wildman–Crippen MR) is 90.4 cm³/mol. The number of aromatic nitrogens is 1. The first-order valence-corrected chi connectivity index (χ1v) is 7.72. The van der Waals surface area contributed by atoms with Crippen LogP contribution in [0.4, 0.5) is 0 Å². The lowest BCUT2D eigenvalue weighted by atomic mass is 10.1. The van der Waals surface area contributed by atoms with Crippen LogP contribution in [0.1, 0.15) is 44.6 Å². The minimum absolute atomic E-state index is 0.264. The Kier molecular flexibility index (Phi) is 5.63. The molecule has 0 atom stereocenters. The number of methoxy groups -OCH3 is 2. The Morgan fingerprint density at radius 1 is 1.25 bits per heavy atom. The van der Waals surface area contributed by atoms with E-state index >= 15 is 0 Å². The van der Waals surface area contributed by atoms with Crippen molar-refractivity contribution in [2.24, 2.45) is 0 Å². The first-order valence-electron chi connectivity index (χ1n) is 7.72. The standard InChI is InChI=1S/C18H22N2O4/c1-5-14-15(18(22)24-4)11(2)16(20-14)17(21)19-10-12-7-6-8-13(9-12)23-3/h6-9,20H,5,10H2,1-4H3,(H,19,21). The van der Waals surface area contributed by atoms with E-state index < -0.39 is 5.97 Å². The lowest BCUT2D eigenvalue weighted by Crippen LogP contribution is -2.24. The monoisotopic (exact) mass is 330 g/mol. The normalized spacial score (nSPS) is 10.3. The van der Waals surface area contributed by atoms with Crippen LogP contribution in [0.2, 0.25) is 0 Å². The molecule has 24 heavy (non-hydrogen) atoms. The van der Waals surface area contributed by atoms with Crippen molar-refractivity contribution in [3.63, 3.8) is 0 Å². The van der Waals surface area contributed by atoms with Gasteiger partial charge in [0, 0.05) is 12.2 Å². The van der Waals surface area contributed by atoms with E-state index in [1.165, 1.54) is 7.11 Å². The van der Waals surface area contributed by atoms with Crippen LogP contribution >= 0.6 is 0 Å². The van der Waals surface area contributed by atoms with Gasteiger partial charge in [0.05, 0.1) is 19.8 Å². The minimum Gasteiger partial charge on any atom is -0.497 e. The van der Waals surface area contributed by atoms with Crippen molar-refractivity contribution >= 4 is 11.9 Å². The zero-order valence-electron chi connectivity index (χ0n) is 14.4. The summed E-state index contributed by atoms with van der Waals surface area (Å²) in [5.74, 6) is 0.0340. The van der Waals surface area contributed by atoms with Crippen molar-refractivity contribution in [2.75, 3.05) is 14.2 Å². The van der Waals surface area contributed by atoms with Gasteiger partial charge in [-0.3, -0.25) is 4.79 Å². The molecule has 0 unspecified atom stereocenters. The molecule has 0 fully saturated rings. The number of H-pyrrole nitrogens is 1. The molecule has 1 aromatic heterocycles. The number of hydrogen-bond acceptors (Lipinski definition) is 4. The first kappa shape index (κ1) is 17.6. The molecule has 6 heteroatoms. The molecule has 128 valence electrons. The van der Waals surface area contributed by atoms with Gasteiger partial charge in [-0.1, -0.05) is 19.1 Å². The summed E-state index contributed by atoms with van der Waals surface area (Å²) in [4.78, 5) is 27.4. The van der Waals surface area contributed by atoms with Crippen LogP contribution in [-0.2, 0) is 17.7 Å². The van der Waals surface area contributed by atoms with Crippen LogP contribution in [0.15, 0.2) is 24.3 Å². The second kappa shape index (κ2) is 7.68. The number of ether oxygens (including phenoxy) is 2. The maximum Gasteiger partial charge on any atom is 0.339 e. The van der Waals surface area contributed by atoms with Gasteiger partial charge in [-0.05, 0) is 36.6 Å². The molecular weight excluding hydrogens is 308 g/mol. The zero-order chi connectivity index (χ0) is 17.7. The van der Waals surface area contributed by atoms with E-state index in [0.717, 1.165) is 11.3 Å². The number of hydrogen-bond donors (Lipinski definition) is 2. The summed E-state index contributed by atoms with van der Waals surface area (Å²) in [6.07, 6.45) is 0.606. The van der Waals surface area contributed by atoms with E-state index in [1.807, 2.05) is 31.2 Å². The Labute approximate surface area is 141 Å². The highest BCUT2D eigenvalue weighted by molar-refractivity contribution is 6.00. The molecule has 1 heterocycles. The third-order valence-electron chi connectivity index (χ3n) is 3.89. The molecule has 0 aliphatic heterocycles. The van der Waals surface area contributed by atoms with Crippen molar-refractivity contribution in [1.29, 1.82) is 0 Å². The molecule has 0 radical (unpaired) electrons. The number of esters is 1. The first-order chi connectivity index (χ1) is 11.5. The topological polar surface area (TPSA) is 80.4 Å². The Hall–Kier alpha value is -2.76. The third-order valence-corrected chi connectivity index (χ3v) is 3.89. The molecule has 0 saturated carbocycles. The van der Waals surface area contributed by atoms with Crippen molar-refractivity contribution in [3.8, 4) is 5.75 Å². The lowest BCUT2D eigenvalue weighted by Gasteiger charge is -2.07. The number of amides is 1. The zero-order valence-corrected chi connectivity index (χ0v) is 14.4. The van der Waals surface area contributed by atoms with Gasteiger partial charge in [-0.2, -0.15) is 0 Å². The third kappa shape index (κ3) is 3.59. The van der Waals surface area contributed by atoms with Gasteiger partial charge in [0.2, 0.25) is 0 Å². The Bertz CT molecular complexity index is 749. The number of nitrogens with one attached hydrogen (secondary N) is 2. The highest BCUT2D eigenvalue weighted by Crippen LogP contribution is 2.20. The van der Waals surface area contributed by atoms with Crippen LogP contribution in [0.5, 0.6) is 5.75 Å². The van der Waals surface area contributed by atoms with Crippen molar-refractivity contribution < 1.29 is 19.1 Å². The second-order valence-corrected chi connectivity index (χ2v) is 5.36. The van der Waals surface area contributed by atoms with Crippen LogP contribution in [-0.4, -0.2) is 31.1 Å². The average Bonchev–Trinajstić information content (AvgIpc) is 2.95. The fraction of sp³-hybridized carbons (Fsp3) is 0.333. The van der Waals surface area contributed by atoms with Gasteiger partial charge in [0.15, 0.2) is 0 Å². The summed E-state index contributed by atoms with van der Waals surface area (Å²) < 4.78 is 9.97. The van der Waals surface area contributed by atoms with E-state index in [1.54, 1.807) is 14.0 Å². The van der Waals surface area contributed by atoms with Crippen LogP contribution in [0.25, 0.3) is 0 Å². The summed E-state index contributed by atoms with van der Waals surface area (Å²) >= 11 is 0. The minimum atomic E-state index is -0.438. The predicted octanol–water partition coefficient (Wildman–Crippen LogP) is 2.61. The maximum atomic E-state index is 12.5. The molecular formula is C18H22N2O4. The van der Waals surface area contributed by atoms with E-state index in [9.17, 15) is 9.59 Å². The number of carbonyl (C=O) groups is 2. The largest absolute Gasteiger partial charge is 0.497 e. The highest BCUT2D eigenvalue weighted by Gasteiger charge is 2.23. The maximum absolute atomic E-state index is 12.5. The quantitative estimate of drug-likeness (QED) is 0.798. The molecule has 2 aromatic rings.